The number of nitrogens with zero attached hydrogens (tertiary/aromatic N) is 2. The number of aryl methyl sites for hydroxylation is 1. The van der Waals surface area contributed by atoms with Crippen molar-refractivity contribution in [2.24, 2.45) is 0 Å². The van der Waals surface area contributed by atoms with Crippen LogP contribution < -0.4 is 5.32 Å². The van der Waals surface area contributed by atoms with Crippen molar-refractivity contribution in [1.29, 1.82) is 0 Å². The molecular formula is C24H29N3O2. The van der Waals surface area contributed by atoms with Crippen LogP contribution >= 0.6 is 0 Å². The number of fused-ring (bicyclic) bond motifs is 1. The number of carbonyl (C=O) groups excluding carboxylic acids is 2. The summed E-state index contributed by atoms with van der Waals surface area (Å²) in [6, 6.07) is 15.6. The van der Waals surface area contributed by atoms with Crippen molar-refractivity contribution in [3.63, 3.8) is 0 Å². The highest BCUT2D eigenvalue weighted by Gasteiger charge is 2.36. The van der Waals surface area contributed by atoms with Crippen LogP contribution in [0.25, 0.3) is 0 Å². The molecule has 1 saturated heterocycles. The molecule has 1 fully saturated rings. The van der Waals surface area contributed by atoms with Gasteiger partial charge in [0.2, 0.25) is 11.8 Å². The van der Waals surface area contributed by atoms with E-state index in [-0.39, 0.29) is 24.4 Å². The van der Waals surface area contributed by atoms with E-state index in [4.69, 9.17) is 0 Å². The summed E-state index contributed by atoms with van der Waals surface area (Å²) >= 11 is 0. The Hall–Kier alpha value is -2.66. The second-order valence-corrected chi connectivity index (χ2v) is 8.13. The minimum Gasteiger partial charge on any atom is -0.341 e. The summed E-state index contributed by atoms with van der Waals surface area (Å²) in [5, 5.41) is 2.99. The summed E-state index contributed by atoms with van der Waals surface area (Å²) in [5.74, 6) is 0.0617. The Morgan fingerprint density at radius 3 is 2.59 bits per heavy atom. The topological polar surface area (TPSA) is 52.7 Å². The van der Waals surface area contributed by atoms with Crippen molar-refractivity contribution < 1.29 is 9.59 Å². The summed E-state index contributed by atoms with van der Waals surface area (Å²) < 4.78 is 0. The zero-order valence-electron chi connectivity index (χ0n) is 17.1. The number of likely N-dealkylation sites (tertiary alicyclic amines) is 1. The van der Waals surface area contributed by atoms with Crippen LogP contribution in [0.4, 0.5) is 5.69 Å². The Morgan fingerprint density at radius 1 is 1.00 bits per heavy atom. The third-order valence-corrected chi connectivity index (χ3v) is 5.93. The number of nitrogens with one attached hydrogen (secondary N) is 1. The first-order chi connectivity index (χ1) is 14.1. The molecule has 4 rings (SSSR count). The van der Waals surface area contributed by atoms with Gasteiger partial charge in [0.1, 0.15) is 6.04 Å². The van der Waals surface area contributed by atoms with Gasteiger partial charge in [-0.1, -0.05) is 36.4 Å². The SMILES string of the molecule is Cc1cccc(NC(=O)CN2CCc3ccccc3[C@@H]2C(=O)N2CCCCC2)c1. The van der Waals surface area contributed by atoms with Gasteiger partial charge in [0.25, 0.3) is 0 Å². The molecule has 5 nitrogen and oxygen atoms in total. The van der Waals surface area contributed by atoms with Crippen LogP contribution in [0, 0.1) is 6.92 Å². The number of carbonyl (C=O) groups is 2. The fourth-order valence-corrected chi connectivity index (χ4v) is 4.47. The minimum absolute atomic E-state index is 0.0774. The van der Waals surface area contributed by atoms with Gasteiger partial charge >= 0.3 is 0 Å². The lowest BCUT2D eigenvalue weighted by Crippen LogP contribution is -2.49. The van der Waals surface area contributed by atoms with Crippen molar-refractivity contribution in [2.75, 3.05) is 31.5 Å². The predicted molar refractivity (Wildman–Crippen MR) is 115 cm³/mol. The van der Waals surface area contributed by atoms with Crippen LogP contribution in [0.5, 0.6) is 0 Å². The van der Waals surface area contributed by atoms with Gasteiger partial charge in [0, 0.05) is 25.3 Å². The van der Waals surface area contributed by atoms with Gasteiger partial charge in [0.15, 0.2) is 0 Å². The smallest absolute Gasteiger partial charge is 0.244 e. The van der Waals surface area contributed by atoms with E-state index in [0.717, 1.165) is 49.2 Å². The van der Waals surface area contributed by atoms with Gasteiger partial charge in [-0.25, -0.2) is 0 Å². The Balaban J connectivity index is 1.54. The second-order valence-electron chi connectivity index (χ2n) is 8.13. The van der Waals surface area contributed by atoms with Crippen LogP contribution in [0.1, 0.15) is 42.0 Å². The van der Waals surface area contributed by atoms with Crippen molar-refractivity contribution in [3.8, 4) is 0 Å². The monoisotopic (exact) mass is 391 g/mol. The lowest BCUT2D eigenvalue weighted by molar-refractivity contribution is -0.139. The third kappa shape index (κ3) is 4.51. The van der Waals surface area contributed by atoms with Crippen molar-refractivity contribution in [3.05, 3.63) is 65.2 Å². The van der Waals surface area contributed by atoms with E-state index < -0.39 is 0 Å². The van der Waals surface area contributed by atoms with Crippen LogP contribution in [-0.2, 0) is 16.0 Å². The highest BCUT2D eigenvalue weighted by molar-refractivity contribution is 5.93. The molecule has 1 atom stereocenters. The average Bonchev–Trinajstić information content (AvgIpc) is 2.74. The normalized spacial score (nSPS) is 19.5. The van der Waals surface area contributed by atoms with Crippen LogP contribution in [0.3, 0.4) is 0 Å². The number of hydrogen-bond acceptors (Lipinski definition) is 3. The number of amides is 2. The molecule has 0 saturated carbocycles. The first-order valence-electron chi connectivity index (χ1n) is 10.6. The number of rotatable bonds is 4. The fourth-order valence-electron chi connectivity index (χ4n) is 4.47. The van der Waals surface area contributed by atoms with Gasteiger partial charge in [-0.2, -0.15) is 0 Å². The Bertz CT molecular complexity index is 889. The summed E-state index contributed by atoms with van der Waals surface area (Å²) in [4.78, 5) is 30.3. The molecule has 1 N–H and O–H groups in total. The quantitative estimate of drug-likeness (QED) is 0.867. The molecule has 5 heteroatoms. The van der Waals surface area contributed by atoms with Gasteiger partial charge in [-0.15, -0.1) is 0 Å². The maximum absolute atomic E-state index is 13.5. The maximum Gasteiger partial charge on any atom is 0.244 e. The Morgan fingerprint density at radius 2 is 1.79 bits per heavy atom. The minimum atomic E-state index is -0.374. The molecule has 2 aliphatic rings. The molecule has 0 aromatic heterocycles. The van der Waals surface area contributed by atoms with Gasteiger partial charge in [-0.05, 0) is 61.4 Å². The summed E-state index contributed by atoms with van der Waals surface area (Å²) in [6.07, 6.45) is 4.17. The summed E-state index contributed by atoms with van der Waals surface area (Å²) in [6.45, 7) is 4.57. The van der Waals surface area contributed by atoms with Gasteiger partial charge < -0.3 is 10.2 Å². The molecule has 0 unspecified atom stereocenters. The molecule has 2 heterocycles. The largest absolute Gasteiger partial charge is 0.341 e. The van der Waals surface area contributed by atoms with Crippen molar-refractivity contribution in [1.82, 2.24) is 9.80 Å². The molecule has 29 heavy (non-hydrogen) atoms. The molecule has 2 amide bonds. The van der Waals surface area contributed by atoms with Gasteiger partial charge in [0.05, 0.1) is 6.54 Å². The first kappa shape index (κ1) is 19.6. The maximum atomic E-state index is 13.5. The van der Waals surface area contributed by atoms with E-state index in [9.17, 15) is 9.59 Å². The Labute approximate surface area is 172 Å². The number of piperidine rings is 1. The predicted octanol–water partition coefficient (Wildman–Crippen LogP) is 3.55. The number of anilines is 1. The molecule has 0 aliphatic carbocycles. The highest BCUT2D eigenvalue weighted by Crippen LogP contribution is 2.32. The van der Waals surface area contributed by atoms with E-state index in [1.807, 2.05) is 59.2 Å². The van der Waals surface area contributed by atoms with Crippen LogP contribution in [0.15, 0.2) is 48.5 Å². The van der Waals surface area contributed by atoms with E-state index in [2.05, 4.69) is 11.4 Å². The van der Waals surface area contributed by atoms with Crippen LogP contribution in [-0.4, -0.2) is 47.8 Å². The van der Waals surface area contributed by atoms with Crippen molar-refractivity contribution in [2.45, 2.75) is 38.6 Å². The first-order valence-corrected chi connectivity index (χ1v) is 10.6. The molecule has 2 aromatic rings. The van der Waals surface area contributed by atoms with Crippen LogP contribution in [0.2, 0.25) is 0 Å². The lowest BCUT2D eigenvalue weighted by atomic mass is 9.91. The van der Waals surface area contributed by atoms with E-state index in [1.165, 1.54) is 12.0 Å². The lowest BCUT2D eigenvalue weighted by Gasteiger charge is -2.39. The Kier molecular flexibility index (Phi) is 5.95. The summed E-state index contributed by atoms with van der Waals surface area (Å²) in [5.41, 5.74) is 4.18. The van der Waals surface area contributed by atoms with Crippen molar-refractivity contribution >= 4 is 17.5 Å². The summed E-state index contributed by atoms with van der Waals surface area (Å²) in [7, 11) is 0. The molecule has 0 radical (unpaired) electrons. The molecule has 2 aliphatic heterocycles. The zero-order chi connectivity index (χ0) is 20.2. The van der Waals surface area contributed by atoms with E-state index >= 15 is 0 Å². The fraction of sp³-hybridized carbons (Fsp3) is 0.417. The van der Waals surface area contributed by atoms with E-state index in [1.54, 1.807) is 0 Å². The molecule has 0 spiro atoms. The molecule has 2 aromatic carbocycles. The highest BCUT2D eigenvalue weighted by atomic mass is 16.2. The molecule has 0 bridgehead atoms. The van der Waals surface area contributed by atoms with Gasteiger partial charge in [-0.3, -0.25) is 14.5 Å². The number of hydrogen-bond donors (Lipinski definition) is 1. The number of benzene rings is 2. The third-order valence-electron chi connectivity index (χ3n) is 5.93. The molecular weight excluding hydrogens is 362 g/mol. The second kappa shape index (κ2) is 8.78. The average molecular weight is 392 g/mol. The van der Waals surface area contributed by atoms with E-state index in [0.29, 0.717) is 6.54 Å². The molecule has 152 valence electrons. The zero-order valence-corrected chi connectivity index (χ0v) is 17.1. The standard InChI is InChI=1S/C24H29N3O2/c1-18-8-7-10-20(16-18)25-22(28)17-27-15-12-19-9-3-4-11-21(19)23(27)24(29)26-13-5-2-6-14-26/h3-4,7-11,16,23H,2,5-6,12-15,17H2,1H3,(H,25,28)/t23-/m1/s1.